The predicted octanol–water partition coefficient (Wildman–Crippen LogP) is 3.35. The number of hydrogen-bond donors (Lipinski definition) is 0. The number of benzene rings is 1. The second-order valence-electron chi connectivity index (χ2n) is 6.97. The number of pyridine rings is 1. The Kier molecular flexibility index (Phi) is 4.01. The summed E-state index contributed by atoms with van der Waals surface area (Å²) in [5.74, 6) is -0.00310. The number of amides is 1. The summed E-state index contributed by atoms with van der Waals surface area (Å²) in [7, 11) is 0. The van der Waals surface area contributed by atoms with E-state index in [1.165, 1.54) is 15.9 Å². The normalized spacial score (nSPS) is 14.9. The van der Waals surface area contributed by atoms with Crippen molar-refractivity contribution in [2.45, 2.75) is 6.92 Å². The van der Waals surface area contributed by atoms with Crippen molar-refractivity contribution in [3.8, 4) is 0 Å². The van der Waals surface area contributed by atoms with Crippen LogP contribution in [0.25, 0.3) is 15.7 Å². The van der Waals surface area contributed by atoms with Gasteiger partial charge in [-0.2, -0.15) is 8.76 Å². The van der Waals surface area contributed by atoms with E-state index in [-0.39, 0.29) is 11.6 Å². The van der Waals surface area contributed by atoms with E-state index in [4.69, 9.17) is 0 Å². The molecule has 0 atom stereocenters. The minimum atomic E-state index is -0.604. The summed E-state index contributed by atoms with van der Waals surface area (Å²) < 4.78 is 21.7. The number of aryl methyl sites for hydroxylation is 1. The summed E-state index contributed by atoms with van der Waals surface area (Å²) in [6.45, 7) is 4.25. The molecule has 1 aromatic carbocycles. The van der Waals surface area contributed by atoms with Crippen LogP contribution in [0, 0.1) is 12.9 Å². The maximum atomic E-state index is 14.7. The number of halogens is 1. The van der Waals surface area contributed by atoms with Crippen molar-refractivity contribution in [2.24, 2.45) is 0 Å². The molecule has 4 heterocycles. The lowest BCUT2D eigenvalue weighted by Gasteiger charge is -2.34. The summed E-state index contributed by atoms with van der Waals surface area (Å²) >= 11 is 1.48. The summed E-state index contributed by atoms with van der Waals surface area (Å²) in [5.41, 5.74) is 1.31. The molecular weight excluding hydrogens is 377 g/mol. The van der Waals surface area contributed by atoms with Gasteiger partial charge in [0, 0.05) is 37.8 Å². The molecule has 5 rings (SSSR count). The number of carbonyl (C=O) groups excluding carboxylic acids is 1. The highest BCUT2D eigenvalue weighted by Crippen LogP contribution is 2.30. The minimum Gasteiger partial charge on any atom is -0.352 e. The fraction of sp³-hybridized carbons (Fsp3) is 0.250. The molecule has 3 aromatic heterocycles. The molecule has 0 unspecified atom stereocenters. The van der Waals surface area contributed by atoms with Gasteiger partial charge in [0.1, 0.15) is 11.5 Å². The highest BCUT2D eigenvalue weighted by atomic mass is 32.1. The van der Waals surface area contributed by atoms with Crippen molar-refractivity contribution in [1.82, 2.24) is 18.7 Å². The van der Waals surface area contributed by atoms with Crippen molar-refractivity contribution in [3.63, 3.8) is 0 Å². The third-order valence-electron chi connectivity index (χ3n) is 5.15. The van der Waals surface area contributed by atoms with Crippen LogP contribution in [0.15, 0.2) is 42.6 Å². The quantitative estimate of drug-likeness (QED) is 0.522. The first-order valence-electron chi connectivity index (χ1n) is 9.14. The Balaban J connectivity index is 1.35. The summed E-state index contributed by atoms with van der Waals surface area (Å²) in [4.78, 5) is 20.9. The van der Waals surface area contributed by atoms with Gasteiger partial charge in [-0.15, -0.1) is 0 Å². The molecule has 28 heavy (non-hydrogen) atoms. The van der Waals surface area contributed by atoms with Crippen molar-refractivity contribution >= 4 is 39.0 Å². The van der Waals surface area contributed by atoms with E-state index in [1.807, 2.05) is 19.1 Å². The van der Waals surface area contributed by atoms with Crippen LogP contribution in [0.3, 0.4) is 0 Å². The molecule has 1 amide bonds. The zero-order valence-corrected chi connectivity index (χ0v) is 16.1. The Morgan fingerprint density at radius 2 is 1.93 bits per heavy atom. The molecule has 0 radical (unpaired) electrons. The zero-order chi connectivity index (χ0) is 19.3. The highest BCUT2D eigenvalue weighted by Gasteiger charge is 2.28. The molecule has 6 nitrogen and oxygen atoms in total. The first-order chi connectivity index (χ1) is 13.6. The molecule has 4 aromatic rings. The Hall–Kier alpha value is -3.00. The van der Waals surface area contributed by atoms with E-state index in [0.29, 0.717) is 31.8 Å². The first kappa shape index (κ1) is 17.1. The lowest BCUT2D eigenvalue weighted by Crippen LogP contribution is -2.49. The van der Waals surface area contributed by atoms with Gasteiger partial charge in [-0.3, -0.25) is 9.20 Å². The molecule has 142 valence electrons. The Bertz CT molecular complexity index is 1190. The third kappa shape index (κ3) is 2.72. The number of carbonyl (C=O) groups is 1. The van der Waals surface area contributed by atoms with Crippen molar-refractivity contribution < 1.29 is 9.18 Å². The van der Waals surface area contributed by atoms with Crippen LogP contribution >= 0.6 is 11.5 Å². The Morgan fingerprint density at radius 3 is 2.75 bits per heavy atom. The van der Waals surface area contributed by atoms with Gasteiger partial charge in [0.2, 0.25) is 5.95 Å². The molecule has 1 aliphatic rings. The van der Waals surface area contributed by atoms with Crippen LogP contribution in [-0.2, 0) is 0 Å². The van der Waals surface area contributed by atoms with E-state index in [1.54, 1.807) is 23.2 Å². The van der Waals surface area contributed by atoms with Crippen LogP contribution in [0.1, 0.15) is 16.1 Å². The number of rotatable bonds is 2. The second-order valence-corrected chi connectivity index (χ2v) is 7.77. The van der Waals surface area contributed by atoms with E-state index in [2.05, 4.69) is 26.4 Å². The number of hydrogen-bond acceptors (Lipinski definition) is 5. The fourth-order valence-electron chi connectivity index (χ4n) is 3.62. The standard InChI is InChI=1S/C20H18FN5OS/c1-13-6-7-26-16(12-13)22-17(18(26)21)20(27)25-10-8-24(9-11-25)19-14-4-2-3-5-15(14)28-23-19/h2-7,12H,8-11H2,1H3. The molecule has 1 saturated heterocycles. The molecule has 0 spiro atoms. The zero-order valence-electron chi connectivity index (χ0n) is 15.3. The van der Waals surface area contributed by atoms with Gasteiger partial charge in [-0.05, 0) is 48.3 Å². The fourth-order valence-corrected chi connectivity index (χ4v) is 4.42. The minimum absolute atomic E-state index is 0.113. The number of aromatic nitrogens is 3. The third-order valence-corrected chi connectivity index (χ3v) is 5.97. The van der Waals surface area contributed by atoms with Gasteiger partial charge in [-0.25, -0.2) is 4.98 Å². The molecule has 8 heteroatoms. The number of anilines is 1. The maximum absolute atomic E-state index is 14.7. The van der Waals surface area contributed by atoms with E-state index >= 15 is 0 Å². The maximum Gasteiger partial charge on any atom is 0.277 e. The number of nitrogens with zero attached hydrogens (tertiary/aromatic N) is 5. The second kappa shape index (κ2) is 6.56. The molecule has 1 fully saturated rings. The van der Waals surface area contributed by atoms with Crippen LogP contribution < -0.4 is 4.90 Å². The van der Waals surface area contributed by atoms with Gasteiger partial charge in [0.15, 0.2) is 5.69 Å². The van der Waals surface area contributed by atoms with Crippen LogP contribution in [0.2, 0.25) is 0 Å². The largest absolute Gasteiger partial charge is 0.352 e. The van der Waals surface area contributed by atoms with Gasteiger partial charge < -0.3 is 9.80 Å². The average molecular weight is 395 g/mol. The van der Waals surface area contributed by atoms with Crippen LogP contribution in [0.4, 0.5) is 10.2 Å². The van der Waals surface area contributed by atoms with Gasteiger partial charge in [-0.1, -0.05) is 12.1 Å². The average Bonchev–Trinajstić information content (AvgIpc) is 3.29. The highest BCUT2D eigenvalue weighted by molar-refractivity contribution is 7.13. The predicted molar refractivity (Wildman–Crippen MR) is 108 cm³/mol. The lowest BCUT2D eigenvalue weighted by molar-refractivity contribution is 0.0736. The molecule has 0 N–H and O–H groups in total. The number of fused-ring (bicyclic) bond motifs is 2. The van der Waals surface area contributed by atoms with E-state index < -0.39 is 5.95 Å². The van der Waals surface area contributed by atoms with Gasteiger partial charge in [0.05, 0.1) is 4.70 Å². The summed E-state index contributed by atoms with van der Waals surface area (Å²) in [6, 6.07) is 11.7. The Labute approximate surface area is 165 Å². The van der Waals surface area contributed by atoms with Crippen molar-refractivity contribution in [1.29, 1.82) is 0 Å². The first-order valence-corrected chi connectivity index (χ1v) is 9.92. The van der Waals surface area contributed by atoms with Crippen molar-refractivity contribution in [3.05, 3.63) is 59.8 Å². The topological polar surface area (TPSA) is 53.7 Å². The summed E-state index contributed by atoms with van der Waals surface area (Å²) in [5, 5.41) is 1.13. The SMILES string of the molecule is Cc1ccn2c(F)c(C(=O)N3CCN(c4nsc5ccccc45)CC3)nc2c1. The molecule has 1 aliphatic heterocycles. The van der Waals surface area contributed by atoms with Crippen LogP contribution in [-0.4, -0.2) is 50.7 Å². The Morgan fingerprint density at radius 1 is 1.14 bits per heavy atom. The summed E-state index contributed by atoms with van der Waals surface area (Å²) in [6.07, 6.45) is 1.61. The monoisotopic (exact) mass is 395 g/mol. The lowest BCUT2D eigenvalue weighted by atomic mass is 10.2. The number of imidazole rings is 1. The smallest absolute Gasteiger partial charge is 0.277 e. The number of piperazine rings is 1. The molecule has 0 aliphatic carbocycles. The molecular formula is C20H18FN5OS. The van der Waals surface area contributed by atoms with E-state index in [9.17, 15) is 9.18 Å². The van der Waals surface area contributed by atoms with Gasteiger partial charge >= 0.3 is 0 Å². The molecule has 0 saturated carbocycles. The van der Waals surface area contributed by atoms with Gasteiger partial charge in [0.25, 0.3) is 5.91 Å². The molecule has 0 bridgehead atoms. The van der Waals surface area contributed by atoms with Crippen LogP contribution in [0.5, 0.6) is 0 Å². The van der Waals surface area contributed by atoms with E-state index in [0.717, 1.165) is 21.5 Å². The van der Waals surface area contributed by atoms with Crippen molar-refractivity contribution in [2.75, 3.05) is 31.1 Å².